The average molecular weight is 289 g/mol. The molecule has 1 N–H and O–H groups in total. The van der Waals surface area contributed by atoms with Crippen molar-refractivity contribution in [2.24, 2.45) is 0 Å². The van der Waals surface area contributed by atoms with Crippen LogP contribution in [0, 0.1) is 0 Å². The lowest BCUT2D eigenvalue weighted by atomic mass is 10.00. The summed E-state index contributed by atoms with van der Waals surface area (Å²) in [6, 6.07) is 6.46. The van der Waals surface area contributed by atoms with E-state index in [4.69, 9.17) is 9.47 Å². The number of hydrogen-bond acceptors (Lipinski definition) is 4. The second kappa shape index (κ2) is 6.45. The first-order chi connectivity index (χ1) is 10.3. The number of hydrogen-bond donors (Lipinski definition) is 1. The van der Waals surface area contributed by atoms with Crippen LogP contribution in [0.4, 0.5) is 5.82 Å². The van der Waals surface area contributed by atoms with Crippen LogP contribution in [0.25, 0.3) is 10.9 Å². The third-order valence-corrected chi connectivity index (χ3v) is 4.11. The third-order valence-electron chi connectivity index (χ3n) is 4.11. The predicted molar refractivity (Wildman–Crippen MR) is 83.8 cm³/mol. The van der Waals surface area contributed by atoms with Crippen LogP contribution in [0.15, 0.2) is 18.2 Å². The number of fused-ring (bicyclic) bond motifs is 1. The Labute approximate surface area is 125 Å². The van der Waals surface area contributed by atoms with E-state index in [1.165, 1.54) is 18.4 Å². The van der Waals surface area contributed by atoms with Gasteiger partial charge in [-0.1, -0.05) is 6.07 Å². The first-order valence-electron chi connectivity index (χ1n) is 7.59. The van der Waals surface area contributed by atoms with Crippen LogP contribution < -0.4 is 4.90 Å². The lowest BCUT2D eigenvalue weighted by Crippen LogP contribution is -2.22. The number of H-pyrrole nitrogens is 1. The van der Waals surface area contributed by atoms with Crippen molar-refractivity contribution < 1.29 is 9.47 Å². The Hall–Kier alpha value is -1.59. The van der Waals surface area contributed by atoms with Crippen LogP contribution in [0.3, 0.4) is 0 Å². The molecule has 1 aliphatic rings. The molecule has 0 radical (unpaired) electrons. The van der Waals surface area contributed by atoms with E-state index in [2.05, 4.69) is 33.3 Å². The molecule has 1 unspecified atom stereocenters. The van der Waals surface area contributed by atoms with E-state index in [0.717, 1.165) is 36.3 Å². The van der Waals surface area contributed by atoms with Crippen LogP contribution in [0.1, 0.15) is 30.9 Å². The fraction of sp³-hybridized carbons (Fsp3) is 0.562. The summed E-state index contributed by atoms with van der Waals surface area (Å²) in [5.74, 6) is 0.972. The van der Waals surface area contributed by atoms with Gasteiger partial charge in [-0.05, 0) is 37.0 Å². The molecule has 5 heteroatoms. The molecule has 114 valence electrons. The Morgan fingerprint density at radius 1 is 1.43 bits per heavy atom. The quantitative estimate of drug-likeness (QED) is 0.919. The van der Waals surface area contributed by atoms with Crippen molar-refractivity contribution in [1.29, 1.82) is 0 Å². The fourth-order valence-electron chi connectivity index (χ4n) is 2.85. The zero-order valence-electron chi connectivity index (χ0n) is 12.8. The maximum absolute atomic E-state index is 5.89. The molecule has 1 saturated heterocycles. The van der Waals surface area contributed by atoms with Crippen LogP contribution in [0.2, 0.25) is 0 Å². The molecule has 1 atom stereocenters. The maximum Gasteiger partial charge on any atom is 0.158 e. The van der Waals surface area contributed by atoms with Gasteiger partial charge in [0.25, 0.3) is 0 Å². The largest absolute Gasteiger partial charge is 0.383 e. The maximum atomic E-state index is 5.89. The number of likely N-dealkylation sites (N-methyl/N-ethyl adjacent to an activating group) is 1. The third kappa shape index (κ3) is 3.04. The molecule has 1 aromatic heterocycles. The van der Waals surface area contributed by atoms with Gasteiger partial charge in [0.15, 0.2) is 5.82 Å². The van der Waals surface area contributed by atoms with Crippen molar-refractivity contribution in [2.75, 3.05) is 38.8 Å². The van der Waals surface area contributed by atoms with E-state index < -0.39 is 0 Å². The highest BCUT2D eigenvalue weighted by Crippen LogP contribution is 2.32. The van der Waals surface area contributed by atoms with E-state index in [1.54, 1.807) is 7.11 Å². The van der Waals surface area contributed by atoms with Gasteiger partial charge < -0.3 is 14.4 Å². The zero-order valence-corrected chi connectivity index (χ0v) is 12.8. The Bertz CT molecular complexity index is 590. The van der Waals surface area contributed by atoms with Gasteiger partial charge in [0.1, 0.15) is 0 Å². The molecule has 0 saturated carbocycles. The van der Waals surface area contributed by atoms with Gasteiger partial charge in [-0.15, -0.1) is 0 Å². The molecule has 1 aromatic carbocycles. The zero-order chi connectivity index (χ0) is 14.7. The monoisotopic (exact) mass is 289 g/mol. The predicted octanol–water partition coefficient (Wildman–Crippen LogP) is 2.89. The van der Waals surface area contributed by atoms with Gasteiger partial charge in [-0.25, -0.2) is 0 Å². The fourth-order valence-corrected chi connectivity index (χ4v) is 2.85. The average Bonchev–Trinajstić information content (AvgIpc) is 2.96. The summed E-state index contributed by atoms with van der Waals surface area (Å²) >= 11 is 0. The standard InChI is InChI=1S/C16H23N3O2/c1-19(8-10-20-2)16-13-11-12(6-7-14(13)17-18-16)15-5-3-4-9-21-15/h6-7,11,15H,3-5,8-10H2,1-2H3,(H,17,18). The number of nitrogens with zero attached hydrogens (tertiary/aromatic N) is 2. The Morgan fingerprint density at radius 3 is 3.10 bits per heavy atom. The van der Waals surface area contributed by atoms with Crippen molar-refractivity contribution in [2.45, 2.75) is 25.4 Å². The van der Waals surface area contributed by atoms with Crippen molar-refractivity contribution in [3.8, 4) is 0 Å². The van der Waals surface area contributed by atoms with Crippen LogP contribution in [-0.4, -0.2) is 44.1 Å². The molecule has 1 aliphatic heterocycles. The Balaban J connectivity index is 1.88. The lowest BCUT2D eigenvalue weighted by molar-refractivity contribution is 0.0150. The second-order valence-electron chi connectivity index (χ2n) is 5.62. The van der Waals surface area contributed by atoms with Crippen LogP contribution in [-0.2, 0) is 9.47 Å². The van der Waals surface area contributed by atoms with Crippen molar-refractivity contribution in [1.82, 2.24) is 10.2 Å². The molecule has 3 rings (SSSR count). The first kappa shape index (κ1) is 14.4. The summed E-state index contributed by atoms with van der Waals surface area (Å²) in [5, 5.41) is 8.69. The summed E-state index contributed by atoms with van der Waals surface area (Å²) < 4.78 is 11.0. The minimum Gasteiger partial charge on any atom is -0.383 e. The minimum absolute atomic E-state index is 0.232. The number of anilines is 1. The molecule has 0 bridgehead atoms. The molecule has 1 fully saturated rings. The van der Waals surface area contributed by atoms with Gasteiger partial charge in [-0.2, -0.15) is 5.10 Å². The van der Waals surface area contributed by atoms with Crippen LogP contribution in [0.5, 0.6) is 0 Å². The van der Waals surface area contributed by atoms with Crippen molar-refractivity contribution >= 4 is 16.7 Å². The Morgan fingerprint density at radius 2 is 2.33 bits per heavy atom. The van der Waals surface area contributed by atoms with E-state index in [-0.39, 0.29) is 6.10 Å². The van der Waals surface area contributed by atoms with Crippen molar-refractivity contribution in [3.63, 3.8) is 0 Å². The molecule has 21 heavy (non-hydrogen) atoms. The number of aromatic nitrogens is 2. The smallest absolute Gasteiger partial charge is 0.158 e. The molecule has 2 heterocycles. The molecular formula is C16H23N3O2. The number of ether oxygens (including phenoxy) is 2. The molecule has 5 nitrogen and oxygen atoms in total. The highest BCUT2D eigenvalue weighted by Gasteiger charge is 2.18. The van der Waals surface area contributed by atoms with E-state index in [9.17, 15) is 0 Å². The Kier molecular flexibility index (Phi) is 4.41. The summed E-state index contributed by atoms with van der Waals surface area (Å²) in [6.45, 7) is 2.38. The molecule has 2 aromatic rings. The lowest BCUT2D eigenvalue weighted by Gasteiger charge is -2.23. The normalized spacial score (nSPS) is 19.0. The van der Waals surface area contributed by atoms with E-state index in [0.29, 0.717) is 6.61 Å². The molecule has 0 spiro atoms. The number of aromatic amines is 1. The van der Waals surface area contributed by atoms with Gasteiger partial charge in [0, 0.05) is 32.7 Å². The summed E-state index contributed by atoms with van der Waals surface area (Å²) in [4.78, 5) is 2.12. The molecule has 0 amide bonds. The number of methoxy groups -OCH3 is 1. The summed E-state index contributed by atoms with van der Waals surface area (Å²) in [6.07, 6.45) is 3.76. The SMILES string of the molecule is COCCN(C)c1n[nH]c2ccc(C3CCCCO3)cc12. The second-order valence-corrected chi connectivity index (χ2v) is 5.62. The van der Waals surface area contributed by atoms with Gasteiger partial charge in [0.2, 0.25) is 0 Å². The summed E-state index contributed by atoms with van der Waals surface area (Å²) in [5.41, 5.74) is 2.32. The van der Waals surface area contributed by atoms with E-state index in [1.807, 2.05) is 7.05 Å². The first-order valence-corrected chi connectivity index (χ1v) is 7.59. The number of nitrogens with one attached hydrogen (secondary N) is 1. The summed E-state index contributed by atoms with van der Waals surface area (Å²) in [7, 11) is 3.76. The van der Waals surface area contributed by atoms with E-state index >= 15 is 0 Å². The highest BCUT2D eigenvalue weighted by atomic mass is 16.5. The van der Waals surface area contributed by atoms with Gasteiger partial charge in [-0.3, -0.25) is 5.10 Å². The van der Waals surface area contributed by atoms with Crippen LogP contribution >= 0.6 is 0 Å². The molecule has 0 aliphatic carbocycles. The number of rotatable bonds is 5. The van der Waals surface area contributed by atoms with Gasteiger partial charge >= 0.3 is 0 Å². The van der Waals surface area contributed by atoms with Gasteiger partial charge in [0.05, 0.1) is 18.2 Å². The number of benzene rings is 1. The minimum atomic E-state index is 0.232. The molecular weight excluding hydrogens is 266 g/mol. The highest BCUT2D eigenvalue weighted by molar-refractivity contribution is 5.90. The topological polar surface area (TPSA) is 50.4 Å². The van der Waals surface area contributed by atoms with Crippen molar-refractivity contribution in [3.05, 3.63) is 23.8 Å².